The summed E-state index contributed by atoms with van der Waals surface area (Å²) < 4.78 is 35.6. The Bertz CT molecular complexity index is 1200. The first-order valence-electron chi connectivity index (χ1n) is 11.2. The Morgan fingerprint density at radius 1 is 0.882 bits per heavy atom. The van der Waals surface area contributed by atoms with E-state index in [9.17, 15) is 4.39 Å². The summed E-state index contributed by atoms with van der Waals surface area (Å²) in [4.78, 5) is 9.03. The van der Waals surface area contributed by atoms with Crippen LogP contribution in [0.2, 0.25) is 0 Å². The zero-order valence-electron chi connectivity index (χ0n) is 19.2. The van der Waals surface area contributed by atoms with E-state index in [0.29, 0.717) is 39.6 Å². The molecule has 4 aromatic rings. The number of fused-ring (bicyclic) bond motifs is 3. The summed E-state index contributed by atoms with van der Waals surface area (Å²) in [5.74, 6) is 1.49. The van der Waals surface area contributed by atoms with Crippen molar-refractivity contribution in [3.05, 3.63) is 54.9 Å². The number of nitrogens with one attached hydrogen (secondary N) is 1. The molecule has 0 aliphatic rings. The number of anilines is 2. The fraction of sp³-hybridized carbons (Fsp3) is 0.360. The molecule has 1 aromatic carbocycles. The fourth-order valence-corrected chi connectivity index (χ4v) is 3.61. The maximum absolute atomic E-state index is 11.9. The third-order valence-electron chi connectivity index (χ3n) is 5.21. The normalized spacial score (nSPS) is 11.4. The molecule has 3 aromatic heterocycles. The Balaban J connectivity index is 1.23. The highest BCUT2D eigenvalue weighted by molar-refractivity contribution is 6.06. The second-order valence-corrected chi connectivity index (χ2v) is 7.55. The van der Waals surface area contributed by atoms with Crippen molar-refractivity contribution in [2.75, 3.05) is 58.2 Å². The molecule has 0 unspecified atom stereocenters. The summed E-state index contributed by atoms with van der Waals surface area (Å²) in [6.07, 6.45) is 3.66. The lowest BCUT2D eigenvalue weighted by molar-refractivity contribution is 0.00751. The summed E-state index contributed by atoms with van der Waals surface area (Å²) in [6.45, 7) is 2.26. The minimum Gasteiger partial charge on any atom is -0.491 e. The predicted octanol–water partition coefficient (Wildman–Crippen LogP) is 4.26. The number of hydrogen-bond acceptors (Lipinski definition) is 7. The zero-order valence-corrected chi connectivity index (χ0v) is 19.2. The Morgan fingerprint density at radius 2 is 1.65 bits per heavy atom. The van der Waals surface area contributed by atoms with E-state index >= 15 is 0 Å². The first kappa shape index (κ1) is 23.9. The number of rotatable bonds is 14. The maximum atomic E-state index is 11.9. The number of alkyl halides is 1. The minimum absolute atomic E-state index is 0.113. The Kier molecular flexibility index (Phi) is 8.61. The average Bonchev–Trinajstić information content (AvgIpc) is 3.14. The second kappa shape index (κ2) is 12.3. The van der Waals surface area contributed by atoms with Crippen molar-refractivity contribution < 1.29 is 23.3 Å². The van der Waals surface area contributed by atoms with Crippen LogP contribution in [0.1, 0.15) is 0 Å². The molecule has 0 atom stereocenters. The summed E-state index contributed by atoms with van der Waals surface area (Å²) in [5.41, 5.74) is 2.88. The van der Waals surface area contributed by atoms with E-state index in [1.54, 1.807) is 6.20 Å². The molecule has 0 bridgehead atoms. The molecule has 0 spiro atoms. The fourth-order valence-electron chi connectivity index (χ4n) is 3.61. The van der Waals surface area contributed by atoms with Crippen molar-refractivity contribution in [2.45, 2.75) is 0 Å². The van der Waals surface area contributed by atoms with Gasteiger partial charge in [0.15, 0.2) is 0 Å². The second-order valence-electron chi connectivity index (χ2n) is 7.55. The number of pyridine rings is 2. The van der Waals surface area contributed by atoms with E-state index in [0.717, 1.165) is 39.2 Å². The molecule has 4 rings (SSSR count). The molecule has 8 nitrogen and oxygen atoms in total. The Morgan fingerprint density at radius 3 is 2.44 bits per heavy atom. The molecule has 0 aliphatic heterocycles. The van der Waals surface area contributed by atoms with Gasteiger partial charge in [0, 0.05) is 42.0 Å². The topological polar surface area (TPSA) is 79.7 Å². The van der Waals surface area contributed by atoms with E-state index < -0.39 is 6.67 Å². The number of halogens is 1. The number of benzene rings is 1. The first-order valence-corrected chi connectivity index (χ1v) is 11.2. The van der Waals surface area contributed by atoms with Gasteiger partial charge in [-0.25, -0.2) is 9.37 Å². The van der Waals surface area contributed by atoms with Crippen LogP contribution >= 0.6 is 0 Å². The Hall–Kier alpha value is -3.27. The van der Waals surface area contributed by atoms with E-state index in [-0.39, 0.29) is 6.61 Å². The molecular formula is C25H29FN4O4. The molecule has 0 amide bonds. The molecule has 0 radical (unpaired) electrons. The molecule has 0 aliphatic carbocycles. The number of aryl methyl sites for hydroxylation is 1. The minimum atomic E-state index is -0.474. The number of aromatic nitrogens is 3. The third-order valence-corrected chi connectivity index (χ3v) is 5.21. The SMILES string of the molecule is Cn1c2ccncc2c2ccc(Nc3cccc(OCCOCCOCCOCC[18F])c3)nc21. The van der Waals surface area contributed by atoms with E-state index in [2.05, 4.69) is 20.9 Å². The number of nitrogens with zero attached hydrogens (tertiary/aromatic N) is 3. The predicted molar refractivity (Wildman–Crippen MR) is 130 cm³/mol. The number of hydrogen-bond donors (Lipinski definition) is 1. The van der Waals surface area contributed by atoms with Crippen molar-refractivity contribution in [3.8, 4) is 5.75 Å². The van der Waals surface area contributed by atoms with Gasteiger partial charge in [-0.05, 0) is 30.3 Å². The molecule has 1 N–H and O–H groups in total. The molecular weight excluding hydrogens is 438 g/mol. The van der Waals surface area contributed by atoms with Gasteiger partial charge in [0.1, 0.15) is 30.5 Å². The maximum Gasteiger partial charge on any atom is 0.143 e. The van der Waals surface area contributed by atoms with Crippen LogP contribution in [0.3, 0.4) is 0 Å². The average molecular weight is 468 g/mol. The van der Waals surface area contributed by atoms with E-state index in [4.69, 9.17) is 23.9 Å². The number of ether oxygens (including phenoxy) is 4. The van der Waals surface area contributed by atoms with Crippen molar-refractivity contribution in [1.29, 1.82) is 0 Å². The summed E-state index contributed by atoms with van der Waals surface area (Å²) in [7, 11) is 2.01. The van der Waals surface area contributed by atoms with Crippen LogP contribution in [-0.4, -0.2) is 67.5 Å². The third kappa shape index (κ3) is 6.19. The van der Waals surface area contributed by atoms with Crippen molar-refractivity contribution >= 4 is 33.4 Å². The van der Waals surface area contributed by atoms with Crippen LogP contribution in [0.4, 0.5) is 15.9 Å². The monoisotopic (exact) mass is 467 g/mol. The van der Waals surface area contributed by atoms with Crippen LogP contribution in [0, 0.1) is 0 Å². The van der Waals surface area contributed by atoms with Crippen LogP contribution in [0.25, 0.3) is 21.9 Å². The molecule has 0 saturated carbocycles. The van der Waals surface area contributed by atoms with Gasteiger partial charge in [-0.15, -0.1) is 0 Å². The molecule has 34 heavy (non-hydrogen) atoms. The molecule has 9 heteroatoms. The van der Waals surface area contributed by atoms with Gasteiger partial charge in [0.05, 0.1) is 45.2 Å². The highest BCUT2D eigenvalue weighted by atomic mass is 18.2. The lowest BCUT2D eigenvalue weighted by atomic mass is 10.2. The van der Waals surface area contributed by atoms with Crippen LogP contribution < -0.4 is 10.1 Å². The van der Waals surface area contributed by atoms with Gasteiger partial charge in [-0.2, -0.15) is 0 Å². The van der Waals surface area contributed by atoms with Gasteiger partial charge in [0.2, 0.25) is 0 Å². The Labute approximate surface area is 197 Å². The van der Waals surface area contributed by atoms with Gasteiger partial charge >= 0.3 is 0 Å². The molecule has 180 valence electrons. The van der Waals surface area contributed by atoms with Crippen LogP contribution in [-0.2, 0) is 21.3 Å². The van der Waals surface area contributed by atoms with Gasteiger partial charge in [0.25, 0.3) is 0 Å². The van der Waals surface area contributed by atoms with E-state index in [1.807, 2.05) is 49.6 Å². The largest absolute Gasteiger partial charge is 0.491 e. The lowest BCUT2D eigenvalue weighted by Gasteiger charge is -2.10. The van der Waals surface area contributed by atoms with Crippen molar-refractivity contribution in [1.82, 2.24) is 14.5 Å². The highest BCUT2D eigenvalue weighted by Gasteiger charge is 2.10. The quantitative estimate of drug-likeness (QED) is 0.278. The van der Waals surface area contributed by atoms with Gasteiger partial charge in [-0.1, -0.05) is 6.07 Å². The molecule has 0 saturated heterocycles. The van der Waals surface area contributed by atoms with Crippen molar-refractivity contribution in [2.24, 2.45) is 7.05 Å². The zero-order chi connectivity index (χ0) is 23.6. The van der Waals surface area contributed by atoms with Crippen molar-refractivity contribution in [3.63, 3.8) is 0 Å². The molecule has 3 heterocycles. The van der Waals surface area contributed by atoms with E-state index in [1.165, 1.54) is 0 Å². The molecule has 0 fully saturated rings. The standard InChI is InChI=1S/C25H29FN4O4/c1-30-23-7-9-27-18-22(23)21-5-6-24(29-25(21)30)28-19-3-2-4-20(17-19)34-16-15-33-14-13-32-12-11-31-10-8-26/h2-7,9,17-18H,8,10-16H2,1H3,(H,28,29)/i26-1. The van der Waals surface area contributed by atoms with Crippen LogP contribution in [0.15, 0.2) is 54.9 Å². The van der Waals surface area contributed by atoms with Crippen LogP contribution in [0.5, 0.6) is 5.75 Å². The summed E-state index contributed by atoms with van der Waals surface area (Å²) in [6, 6.07) is 13.7. The van der Waals surface area contributed by atoms with Gasteiger partial charge in [-0.3, -0.25) is 4.98 Å². The smallest absolute Gasteiger partial charge is 0.143 e. The van der Waals surface area contributed by atoms with Gasteiger partial charge < -0.3 is 28.8 Å². The lowest BCUT2D eigenvalue weighted by Crippen LogP contribution is -2.13. The first-order chi connectivity index (χ1) is 16.8. The summed E-state index contributed by atoms with van der Waals surface area (Å²) in [5, 5.41) is 5.51. The highest BCUT2D eigenvalue weighted by Crippen LogP contribution is 2.28. The summed E-state index contributed by atoms with van der Waals surface area (Å²) >= 11 is 0.